The molecule has 3 aromatic carbocycles. The molecule has 32 heavy (non-hydrogen) atoms. The molecule has 1 aliphatic rings. The van der Waals surface area contributed by atoms with Gasteiger partial charge < -0.3 is 10.2 Å². The summed E-state index contributed by atoms with van der Waals surface area (Å²) in [7, 11) is 0. The van der Waals surface area contributed by atoms with Gasteiger partial charge in [0.15, 0.2) is 0 Å². The molecule has 0 fully saturated rings. The Morgan fingerprint density at radius 2 is 1.75 bits per heavy atom. The molecule has 0 radical (unpaired) electrons. The molecular formula is C23H15ClF4N2O2. The van der Waals surface area contributed by atoms with Crippen molar-refractivity contribution in [1.82, 2.24) is 4.90 Å². The van der Waals surface area contributed by atoms with E-state index >= 15 is 0 Å². The van der Waals surface area contributed by atoms with Crippen molar-refractivity contribution in [1.29, 1.82) is 0 Å². The lowest BCUT2D eigenvalue weighted by Crippen LogP contribution is -2.39. The first-order valence-corrected chi connectivity index (χ1v) is 9.84. The number of rotatable bonds is 2. The van der Waals surface area contributed by atoms with Crippen LogP contribution >= 0.6 is 11.6 Å². The van der Waals surface area contributed by atoms with Crippen molar-refractivity contribution in [2.75, 3.05) is 11.9 Å². The topological polar surface area (TPSA) is 49.4 Å². The first kappa shape index (κ1) is 21.8. The number of anilines is 1. The summed E-state index contributed by atoms with van der Waals surface area (Å²) in [5.74, 6) is -1.81. The minimum absolute atomic E-state index is 0.231. The van der Waals surface area contributed by atoms with E-state index in [-0.39, 0.29) is 5.56 Å². The maximum Gasteiger partial charge on any atom is 0.416 e. The molecule has 1 atom stereocenters. The van der Waals surface area contributed by atoms with Gasteiger partial charge in [0, 0.05) is 21.8 Å². The zero-order chi connectivity index (χ0) is 23.0. The zero-order valence-corrected chi connectivity index (χ0v) is 17.0. The fraction of sp³-hybridized carbons (Fsp3) is 0.130. The van der Waals surface area contributed by atoms with Crippen molar-refractivity contribution in [3.63, 3.8) is 0 Å². The van der Waals surface area contributed by atoms with E-state index in [9.17, 15) is 27.2 Å². The molecule has 1 aliphatic heterocycles. The summed E-state index contributed by atoms with van der Waals surface area (Å²) in [5.41, 5.74) is 0.102. The average molecular weight is 463 g/mol. The molecule has 0 spiro atoms. The Hall–Kier alpha value is -3.39. The number of hydrogen-bond donors (Lipinski definition) is 1. The molecule has 2 amide bonds. The van der Waals surface area contributed by atoms with E-state index in [2.05, 4.69) is 5.32 Å². The van der Waals surface area contributed by atoms with Crippen LogP contribution in [0.3, 0.4) is 0 Å². The molecule has 0 aromatic heterocycles. The first-order valence-electron chi connectivity index (χ1n) is 9.46. The highest BCUT2D eigenvalue weighted by Gasteiger charge is 2.36. The van der Waals surface area contributed by atoms with Crippen LogP contribution in [-0.4, -0.2) is 23.3 Å². The first-order chi connectivity index (χ1) is 15.1. The third-order valence-corrected chi connectivity index (χ3v) is 5.33. The van der Waals surface area contributed by atoms with Gasteiger partial charge in [0.05, 0.1) is 11.6 Å². The van der Waals surface area contributed by atoms with Crippen molar-refractivity contribution in [2.24, 2.45) is 0 Å². The average Bonchev–Trinajstić information content (AvgIpc) is 2.89. The van der Waals surface area contributed by atoms with E-state index in [1.165, 1.54) is 30.3 Å². The highest BCUT2D eigenvalue weighted by Crippen LogP contribution is 2.38. The summed E-state index contributed by atoms with van der Waals surface area (Å²) in [5, 5.41) is 3.02. The Kier molecular flexibility index (Phi) is 5.64. The summed E-state index contributed by atoms with van der Waals surface area (Å²) >= 11 is 6.16. The molecule has 0 aliphatic carbocycles. The molecule has 3 aromatic rings. The number of fused-ring (bicyclic) bond motifs is 1. The highest BCUT2D eigenvalue weighted by atomic mass is 35.5. The lowest BCUT2D eigenvalue weighted by atomic mass is 9.95. The Balaban J connectivity index is 1.87. The third kappa shape index (κ3) is 4.31. The molecule has 4 rings (SSSR count). The van der Waals surface area contributed by atoms with Gasteiger partial charge in [-0.1, -0.05) is 29.8 Å². The van der Waals surface area contributed by atoms with Crippen molar-refractivity contribution >= 4 is 29.1 Å². The second-order valence-electron chi connectivity index (χ2n) is 7.25. The minimum atomic E-state index is -4.64. The Labute approximate surface area is 185 Å². The Morgan fingerprint density at radius 1 is 1.03 bits per heavy atom. The van der Waals surface area contributed by atoms with E-state index in [0.717, 1.165) is 23.1 Å². The summed E-state index contributed by atoms with van der Waals surface area (Å²) in [6, 6.07) is 13.1. The van der Waals surface area contributed by atoms with Gasteiger partial charge in [0.1, 0.15) is 12.4 Å². The molecule has 0 saturated carbocycles. The van der Waals surface area contributed by atoms with Crippen molar-refractivity contribution in [3.8, 4) is 0 Å². The standard InChI is InChI=1S/C23H15ClF4N2O2/c24-16-6-9-19-18(11-16)21(13-4-7-17(25)8-5-13)30(12-20(31)29-19)22(32)14-2-1-3-15(10-14)23(26,27)28/h1-11,21H,12H2,(H,29,31). The van der Waals surface area contributed by atoms with E-state index in [1.807, 2.05) is 0 Å². The Bertz CT molecular complexity index is 1200. The molecule has 0 bridgehead atoms. The number of hydrogen-bond acceptors (Lipinski definition) is 2. The van der Waals surface area contributed by atoms with Gasteiger partial charge in [-0.25, -0.2) is 4.39 Å². The lowest BCUT2D eigenvalue weighted by Gasteiger charge is -2.31. The molecule has 1 heterocycles. The summed E-state index contributed by atoms with van der Waals surface area (Å²) < 4.78 is 53.1. The van der Waals surface area contributed by atoms with Gasteiger partial charge in [-0.2, -0.15) is 13.2 Å². The van der Waals surface area contributed by atoms with Crippen molar-refractivity contribution < 1.29 is 27.2 Å². The lowest BCUT2D eigenvalue weighted by molar-refractivity contribution is -0.137. The molecule has 4 nitrogen and oxygen atoms in total. The monoisotopic (exact) mass is 462 g/mol. The Morgan fingerprint density at radius 3 is 2.44 bits per heavy atom. The smallest absolute Gasteiger partial charge is 0.324 e. The number of carbonyl (C=O) groups excluding carboxylic acids is 2. The summed E-state index contributed by atoms with van der Waals surface area (Å²) in [4.78, 5) is 27.1. The fourth-order valence-corrected chi connectivity index (χ4v) is 3.85. The van der Waals surface area contributed by atoms with E-state index in [0.29, 0.717) is 21.8 Å². The molecule has 1 N–H and O–H groups in total. The molecular weight excluding hydrogens is 448 g/mol. The summed E-state index contributed by atoms with van der Waals surface area (Å²) in [6.45, 7) is -0.427. The van der Waals surface area contributed by atoms with Gasteiger partial charge in [-0.3, -0.25) is 9.59 Å². The zero-order valence-electron chi connectivity index (χ0n) is 16.3. The van der Waals surface area contributed by atoms with Gasteiger partial charge >= 0.3 is 6.18 Å². The van der Waals surface area contributed by atoms with Crippen LogP contribution in [-0.2, 0) is 11.0 Å². The third-order valence-electron chi connectivity index (χ3n) is 5.09. The summed E-state index contributed by atoms with van der Waals surface area (Å²) in [6.07, 6.45) is -4.64. The molecule has 9 heteroatoms. The molecule has 1 unspecified atom stereocenters. The number of amides is 2. The number of benzene rings is 3. The second-order valence-corrected chi connectivity index (χ2v) is 7.68. The highest BCUT2D eigenvalue weighted by molar-refractivity contribution is 6.30. The minimum Gasteiger partial charge on any atom is -0.324 e. The van der Waals surface area contributed by atoms with Crippen LogP contribution < -0.4 is 5.32 Å². The predicted molar refractivity (Wildman–Crippen MR) is 111 cm³/mol. The predicted octanol–water partition coefficient (Wildman–Crippen LogP) is 5.68. The number of halogens is 5. The van der Waals surface area contributed by atoms with Gasteiger partial charge in [0.2, 0.25) is 5.91 Å². The maximum absolute atomic E-state index is 13.6. The SMILES string of the molecule is O=C1CN(C(=O)c2cccc(C(F)(F)F)c2)C(c2ccc(F)cc2)c2cc(Cl)ccc2N1. The van der Waals surface area contributed by atoms with Crippen LogP contribution in [0.2, 0.25) is 5.02 Å². The van der Waals surface area contributed by atoms with Crippen LogP contribution in [0, 0.1) is 5.82 Å². The van der Waals surface area contributed by atoms with Crippen LogP contribution in [0.5, 0.6) is 0 Å². The van der Waals surface area contributed by atoms with E-state index < -0.39 is 42.0 Å². The van der Waals surface area contributed by atoms with Gasteiger partial charge in [-0.05, 0) is 54.1 Å². The van der Waals surface area contributed by atoms with Gasteiger partial charge in [-0.15, -0.1) is 0 Å². The van der Waals surface area contributed by atoms with Crippen molar-refractivity contribution in [3.05, 3.63) is 99.8 Å². The largest absolute Gasteiger partial charge is 0.416 e. The molecule has 0 saturated heterocycles. The van der Waals surface area contributed by atoms with Crippen LogP contribution in [0.15, 0.2) is 66.7 Å². The quantitative estimate of drug-likeness (QED) is 0.498. The number of carbonyl (C=O) groups is 2. The van der Waals surface area contributed by atoms with E-state index in [1.54, 1.807) is 18.2 Å². The van der Waals surface area contributed by atoms with Crippen LogP contribution in [0.25, 0.3) is 0 Å². The van der Waals surface area contributed by atoms with Crippen molar-refractivity contribution in [2.45, 2.75) is 12.2 Å². The second kappa shape index (κ2) is 8.27. The maximum atomic E-state index is 13.6. The number of nitrogens with one attached hydrogen (secondary N) is 1. The normalized spacial score (nSPS) is 16.2. The molecule has 164 valence electrons. The van der Waals surface area contributed by atoms with Gasteiger partial charge in [0.25, 0.3) is 5.91 Å². The van der Waals surface area contributed by atoms with E-state index in [4.69, 9.17) is 11.6 Å². The van der Waals surface area contributed by atoms with Crippen LogP contribution in [0.4, 0.5) is 23.2 Å². The fourth-order valence-electron chi connectivity index (χ4n) is 3.67. The number of alkyl halides is 3. The number of nitrogens with zero attached hydrogens (tertiary/aromatic N) is 1. The van der Waals surface area contributed by atoms with Crippen LogP contribution in [0.1, 0.15) is 33.1 Å².